The summed E-state index contributed by atoms with van der Waals surface area (Å²) in [5, 5.41) is 5.39. The van der Waals surface area contributed by atoms with Gasteiger partial charge in [-0.3, -0.25) is 9.59 Å². The van der Waals surface area contributed by atoms with Crippen LogP contribution in [0.2, 0.25) is 0 Å². The molecule has 3 aromatic carbocycles. The fourth-order valence-electron chi connectivity index (χ4n) is 3.05. The van der Waals surface area contributed by atoms with Crippen molar-refractivity contribution in [3.63, 3.8) is 0 Å². The van der Waals surface area contributed by atoms with Crippen molar-refractivity contribution in [2.24, 2.45) is 0 Å². The van der Waals surface area contributed by atoms with Gasteiger partial charge in [-0.25, -0.2) is 0 Å². The zero-order valence-electron chi connectivity index (χ0n) is 18.3. The predicted molar refractivity (Wildman–Crippen MR) is 128 cm³/mol. The Hall–Kier alpha value is -3.45. The quantitative estimate of drug-likeness (QED) is 0.460. The van der Waals surface area contributed by atoms with Crippen LogP contribution in [0.3, 0.4) is 0 Å². The summed E-state index contributed by atoms with van der Waals surface area (Å²) in [6, 6.07) is 22.2. The van der Waals surface area contributed by atoms with E-state index in [1.807, 2.05) is 49.4 Å². The number of thioether (sulfide) groups is 1. The molecular formula is C25H26N2O4S. The minimum Gasteiger partial charge on any atom is -0.493 e. The lowest BCUT2D eigenvalue weighted by Crippen LogP contribution is -2.27. The topological polar surface area (TPSA) is 76.7 Å². The lowest BCUT2D eigenvalue weighted by atomic mass is 10.1. The van der Waals surface area contributed by atoms with Crippen molar-refractivity contribution in [3.8, 4) is 11.5 Å². The first-order chi connectivity index (χ1) is 15.5. The van der Waals surface area contributed by atoms with Crippen LogP contribution in [0, 0.1) is 0 Å². The zero-order valence-corrected chi connectivity index (χ0v) is 19.1. The van der Waals surface area contributed by atoms with Gasteiger partial charge in [-0.2, -0.15) is 0 Å². The Bertz CT molecular complexity index is 1070. The molecule has 0 spiro atoms. The third-order valence-corrected chi connectivity index (χ3v) is 5.86. The number of ether oxygens (including phenoxy) is 2. The first-order valence-corrected chi connectivity index (χ1v) is 11.0. The average Bonchev–Trinajstić information content (AvgIpc) is 2.83. The second kappa shape index (κ2) is 11.2. The van der Waals surface area contributed by atoms with E-state index in [0.717, 1.165) is 10.5 Å². The zero-order chi connectivity index (χ0) is 22.9. The van der Waals surface area contributed by atoms with Gasteiger partial charge in [0.1, 0.15) is 0 Å². The van der Waals surface area contributed by atoms with Gasteiger partial charge in [0.15, 0.2) is 11.5 Å². The molecule has 0 saturated heterocycles. The van der Waals surface area contributed by atoms with Crippen LogP contribution in [0.25, 0.3) is 0 Å². The Morgan fingerprint density at radius 1 is 0.906 bits per heavy atom. The monoisotopic (exact) mass is 450 g/mol. The highest BCUT2D eigenvalue weighted by molar-refractivity contribution is 8.00. The van der Waals surface area contributed by atoms with Gasteiger partial charge in [0, 0.05) is 11.4 Å². The number of carbonyl (C=O) groups excluding carboxylic acids is 2. The SMILES string of the molecule is COc1ccc(SC(C)C(=O)Nc2ccccc2C(=O)NCc2ccccc2)cc1OC. The predicted octanol–water partition coefficient (Wildman–Crippen LogP) is 4.75. The van der Waals surface area contributed by atoms with Crippen LogP contribution >= 0.6 is 11.8 Å². The maximum atomic E-state index is 12.8. The van der Waals surface area contributed by atoms with E-state index in [0.29, 0.717) is 29.3 Å². The number of anilines is 1. The van der Waals surface area contributed by atoms with Crippen molar-refractivity contribution < 1.29 is 19.1 Å². The van der Waals surface area contributed by atoms with E-state index in [4.69, 9.17) is 9.47 Å². The molecule has 1 unspecified atom stereocenters. The Morgan fingerprint density at radius 2 is 1.59 bits per heavy atom. The molecule has 0 saturated carbocycles. The molecule has 0 heterocycles. The Balaban J connectivity index is 1.65. The number of benzene rings is 3. The number of methoxy groups -OCH3 is 2. The summed E-state index contributed by atoms with van der Waals surface area (Å²) in [6.45, 7) is 2.22. The summed E-state index contributed by atoms with van der Waals surface area (Å²) < 4.78 is 10.6. The van der Waals surface area contributed by atoms with Crippen LogP contribution in [0.15, 0.2) is 77.7 Å². The Morgan fingerprint density at radius 3 is 2.31 bits per heavy atom. The third-order valence-electron chi connectivity index (χ3n) is 4.76. The molecule has 0 fully saturated rings. The molecule has 0 aliphatic heterocycles. The molecule has 0 aromatic heterocycles. The van der Waals surface area contributed by atoms with Crippen LogP contribution < -0.4 is 20.1 Å². The minimum absolute atomic E-state index is 0.201. The van der Waals surface area contributed by atoms with Gasteiger partial charge in [0.05, 0.1) is 30.7 Å². The molecule has 2 N–H and O–H groups in total. The van der Waals surface area contributed by atoms with Crippen molar-refractivity contribution in [2.45, 2.75) is 23.6 Å². The highest BCUT2D eigenvalue weighted by Gasteiger charge is 2.19. The van der Waals surface area contributed by atoms with E-state index < -0.39 is 5.25 Å². The molecule has 3 rings (SSSR count). The first-order valence-electron chi connectivity index (χ1n) is 10.1. The first kappa shape index (κ1) is 23.2. The van der Waals surface area contributed by atoms with Crippen LogP contribution in [-0.2, 0) is 11.3 Å². The maximum Gasteiger partial charge on any atom is 0.253 e. The summed E-state index contributed by atoms with van der Waals surface area (Å²) in [5.41, 5.74) is 1.89. The maximum absolute atomic E-state index is 12.8. The molecule has 0 radical (unpaired) electrons. The lowest BCUT2D eigenvalue weighted by molar-refractivity contribution is -0.115. The normalized spacial score (nSPS) is 11.3. The van der Waals surface area contributed by atoms with E-state index >= 15 is 0 Å². The lowest BCUT2D eigenvalue weighted by Gasteiger charge is -2.16. The van der Waals surface area contributed by atoms with Crippen molar-refractivity contribution >= 4 is 29.3 Å². The second-order valence-corrected chi connectivity index (χ2v) is 8.39. The van der Waals surface area contributed by atoms with Crippen LogP contribution in [0.5, 0.6) is 11.5 Å². The van der Waals surface area contributed by atoms with Crippen molar-refractivity contribution in [3.05, 3.63) is 83.9 Å². The van der Waals surface area contributed by atoms with Gasteiger partial charge >= 0.3 is 0 Å². The Kier molecular flexibility index (Phi) is 8.16. The molecule has 1 atom stereocenters. The number of carbonyl (C=O) groups is 2. The largest absolute Gasteiger partial charge is 0.493 e. The molecule has 0 aliphatic rings. The van der Waals surface area contributed by atoms with Gasteiger partial charge in [0.25, 0.3) is 5.91 Å². The summed E-state index contributed by atoms with van der Waals surface area (Å²) >= 11 is 1.39. The molecule has 6 nitrogen and oxygen atoms in total. The number of nitrogens with one attached hydrogen (secondary N) is 2. The highest BCUT2D eigenvalue weighted by atomic mass is 32.2. The van der Waals surface area contributed by atoms with E-state index in [1.54, 1.807) is 44.6 Å². The minimum atomic E-state index is -0.395. The van der Waals surface area contributed by atoms with Gasteiger partial charge < -0.3 is 20.1 Å². The summed E-state index contributed by atoms with van der Waals surface area (Å²) in [6.07, 6.45) is 0. The van der Waals surface area contributed by atoms with Crippen LogP contribution in [0.1, 0.15) is 22.8 Å². The molecule has 0 bridgehead atoms. The molecule has 166 valence electrons. The van der Waals surface area contributed by atoms with Crippen LogP contribution in [-0.4, -0.2) is 31.3 Å². The van der Waals surface area contributed by atoms with E-state index in [1.165, 1.54) is 11.8 Å². The summed E-state index contributed by atoms with van der Waals surface area (Å²) in [7, 11) is 3.15. The molecule has 7 heteroatoms. The fourth-order valence-corrected chi connectivity index (χ4v) is 3.94. The average molecular weight is 451 g/mol. The number of hydrogen-bond acceptors (Lipinski definition) is 5. The third kappa shape index (κ3) is 6.04. The summed E-state index contributed by atoms with van der Waals surface area (Å²) in [4.78, 5) is 26.4. The highest BCUT2D eigenvalue weighted by Crippen LogP contribution is 2.33. The smallest absolute Gasteiger partial charge is 0.253 e. The number of amides is 2. The van der Waals surface area contributed by atoms with Gasteiger partial charge in [-0.05, 0) is 42.8 Å². The molecule has 2 amide bonds. The van der Waals surface area contributed by atoms with E-state index in [-0.39, 0.29) is 11.8 Å². The summed E-state index contributed by atoms with van der Waals surface area (Å²) in [5.74, 6) is 0.785. The molecule has 0 aliphatic carbocycles. The molecular weight excluding hydrogens is 424 g/mol. The molecule has 3 aromatic rings. The van der Waals surface area contributed by atoms with Crippen molar-refractivity contribution in [1.82, 2.24) is 5.32 Å². The van der Waals surface area contributed by atoms with Gasteiger partial charge in [-0.15, -0.1) is 11.8 Å². The van der Waals surface area contributed by atoms with Crippen molar-refractivity contribution in [2.75, 3.05) is 19.5 Å². The van der Waals surface area contributed by atoms with Crippen LogP contribution in [0.4, 0.5) is 5.69 Å². The molecule has 32 heavy (non-hydrogen) atoms. The van der Waals surface area contributed by atoms with E-state index in [2.05, 4.69) is 10.6 Å². The van der Waals surface area contributed by atoms with Gasteiger partial charge in [-0.1, -0.05) is 42.5 Å². The van der Waals surface area contributed by atoms with Crippen molar-refractivity contribution in [1.29, 1.82) is 0 Å². The number of rotatable bonds is 9. The standard InChI is InChI=1S/C25H26N2O4S/c1-17(32-19-13-14-22(30-2)23(15-19)31-3)24(28)27-21-12-8-7-11-20(21)25(29)26-16-18-9-5-4-6-10-18/h4-15,17H,16H2,1-3H3,(H,26,29)(H,27,28). The number of hydrogen-bond donors (Lipinski definition) is 2. The number of para-hydroxylation sites is 1. The van der Waals surface area contributed by atoms with Gasteiger partial charge in [0.2, 0.25) is 5.91 Å². The van der Waals surface area contributed by atoms with E-state index in [9.17, 15) is 9.59 Å². The fraction of sp³-hybridized carbons (Fsp3) is 0.200. The second-order valence-electron chi connectivity index (χ2n) is 6.98. The Labute approximate surface area is 192 Å².